The van der Waals surface area contributed by atoms with E-state index < -0.39 is 10.9 Å². The summed E-state index contributed by atoms with van der Waals surface area (Å²) in [7, 11) is 0. The predicted molar refractivity (Wildman–Crippen MR) is 79.9 cm³/mol. The van der Waals surface area contributed by atoms with Gasteiger partial charge in [-0.2, -0.15) is 0 Å². The van der Waals surface area contributed by atoms with E-state index in [1.165, 1.54) is 18.2 Å². The second kappa shape index (κ2) is 6.15. The quantitative estimate of drug-likeness (QED) is 0.332. The highest BCUT2D eigenvalue weighted by Crippen LogP contribution is 2.29. The topological polar surface area (TPSA) is 69.4 Å². The van der Waals surface area contributed by atoms with E-state index in [0.717, 1.165) is 4.47 Å². The van der Waals surface area contributed by atoms with E-state index in [1.807, 2.05) is 0 Å². The molecular weight excluding hydrogens is 394 g/mol. The van der Waals surface area contributed by atoms with Crippen LogP contribution in [0.3, 0.4) is 0 Å². The number of rotatable bonds is 3. The minimum atomic E-state index is -0.777. The van der Waals surface area contributed by atoms with Crippen molar-refractivity contribution in [3.63, 3.8) is 0 Å². The van der Waals surface area contributed by atoms with Gasteiger partial charge >= 0.3 is 5.97 Å². The molecule has 0 heterocycles. The summed E-state index contributed by atoms with van der Waals surface area (Å²) in [6, 6.07) is 10.6. The lowest BCUT2D eigenvalue weighted by molar-refractivity contribution is -0.385. The Morgan fingerprint density at radius 2 is 1.85 bits per heavy atom. The molecule has 2 aromatic carbocycles. The summed E-state index contributed by atoms with van der Waals surface area (Å²) in [5, 5.41) is 10.9. The number of hydrogen-bond acceptors (Lipinski definition) is 4. The van der Waals surface area contributed by atoms with Crippen LogP contribution in [0.4, 0.5) is 5.69 Å². The molecule has 7 heteroatoms. The van der Waals surface area contributed by atoms with Crippen molar-refractivity contribution in [2.45, 2.75) is 0 Å². The summed E-state index contributed by atoms with van der Waals surface area (Å²) in [4.78, 5) is 22.3. The van der Waals surface area contributed by atoms with E-state index in [4.69, 9.17) is 4.74 Å². The third-order valence-corrected chi connectivity index (χ3v) is 3.53. The first-order valence-corrected chi connectivity index (χ1v) is 6.98. The fraction of sp³-hybridized carbons (Fsp3) is 0. The van der Waals surface area contributed by atoms with Crippen LogP contribution in [0.25, 0.3) is 0 Å². The van der Waals surface area contributed by atoms with Crippen molar-refractivity contribution >= 4 is 43.5 Å². The largest absolute Gasteiger partial charge is 0.422 e. The Labute approximate surface area is 131 Å². The number of ether oxygens (including phenoxy) is 1. The molecule has 102 valence electrons. The molecule has 0 fully saturated rings. The molecule has 0 bridgehead atoms. The zero-order valence-electron chi connectivity index (χ0n) is 9.88. The van der Waals surface area contributed by atoms with Gasteiger partial charge in [-0.25, -0.2) is 4.79 Å². The van der Waals surface area contributed by atoms with Crippen LogP contribution < -0.4 is 4.74 Å². The molecule has 0 N–H and O–H groups in total. The second-order valence-corrected chi connectivity index (χ2v) is 5.51. The molecule has 0 saturated carbocycles. The van der Waals surface area contributed by atoms with Gasteiger partial charge in [-0.3, -0.25) is 10.1 Å². The number of carbonyl (C=O) groups excluding carboxylic acids is 1. The number of para-hydroxylation sites is 1. The Bertz CT molecular complexity index is 688. The molecule has 0 aromatic heterocycles. The van der Waals surface area contributed by atoms with E-state index >= 15 is 0 Å². The predicted octanol–water partition coefficient (Wildman–Crippen LogP) is 4.34. The van der Waals surface area contributed by atoms with Gasteiger partial charge in [0.2, 0.25) is 0 Å². The maximum absolute atomic E-state index is 12.0. The molecule has 0 atom stereocenters. The monoisotopic (exact) mass is 399 g/mol. The highest BCUT2D eigenvalue weighted by Gasteiger charge is 2.21. The van der Waals surface area contributed by atoms with Gasteiger partial charge in [0.25, 0.3) is 5.69 Å². The Hall–Kier alpha value is -1.73. The van der Waals surface area contributed by atoms with Gasteiger partial charge in [0, 0.05) is 10.5 Å². The number of halogens is 2. The lowest BCUT2D eigenvalue weighted by Gasteiger charge is -2.07. The van der Waals surface area contributed by atoms with E-state index in [9.17, 15) is 14.9 Å². The first-order valence-electron chi connectivity index (χ1n) is 5.39. The Morgan fingerprint density at radius 3 is 2.50 bits per heavy atom. The van der Waals surface area contributed by atoms with E-state index in [1.54, 1.807) is 24.3 Å². The van der Waals surface area contributed by atoms with Crippen molar-refractivity contribution in [3.8, 4) is 5.75 Å². The molecule has 2 aromatic rings. The Kier molecular flexibility index (Phi) is 4.51. The zero-order valence-corrected chi connectivity index (χ0v) is 13.0. The van der Waals surface area contributed by atoms with Crippen molar-refractivity contribution in [1.82, 2.24) is 0 Å². The van der Waals surface area contributed by atoms with E-state index in [0.29, 0.717) is 4.47 Å². The molecule has 0 aliphatic heterocycles. The number of nitro benzene ring substituents is 1. The maximum atomic E-state index is 12.0. The molecule has 0 radical (unpaired) electrons. The molecule has 5 nitrogen and oxygen atoms in total. The van der Waals surface area contributed by atoms with Crippen LogP contribution in [0.15, 0.2) is 51.4 Å². The molecule has 0 aliphatic rings. The van der Waals surface area contributed by atoms with Crippen LogP contribution in [0.5, 0.6) is 5.75 Å². The fourth-order valence-electron chi connectivity index (χ4n) is 1.52. The molecule has 20 heavy (non-hydrogen) atoms. The summed E-state index contributed by atoms with van der Waals surface area (Å²) in [6.07, 6.45) is 0. The number of esters is 1. The second-order valence-electron chi connectivity index (χ2n) is 3.74. The number of carbonyl (C=O) groups is 1. The minimum Gasteiger partial charge on any atom is -0.422 e. The first kappa shape index (κ1) is 14.7. The van der Waals surface area contributed by atoms with Gasteiger partial charge in [-0.15, -0.1) is 0 Å². The van der Waals surface area contributed by atoms with E-state index in [-0.39, 0.29) is 17.0 Å². The molecule has 0 saturated heterocycles. The fourth-order valence-corrected chi connectivity index (χ4v) is 2.65. The molecule has 0 spiro atoms. The van der Waals surface area contributed by atoms with Gasteiger partial charge in [-0.05, 0) is 40.2 Å². The average molecular weight is 401 g/mol. The average Bonchev–Trinajstić information content (AvgIpc) is 2.41. The highest BCUT2D eigenvalue weighted by molar-refractivity contribution is 9.11. The van der Waals surface area contributed by atoms with Crippen LogP contribution in [0.2, 0.25) is 0 Å². The number of nitro groups is 1. The molecular formula is C13H7Br2NO4. The number of nitrogens with zero attached hydrogens (tertiary/aromatic N) is 1. The molecule has 0 amide bonds. The van der Waals surface area contributed by atoms with Crippen LogP contribution >= 0.6 is 31.9 Å². The lowest BCUT2D eigenvalue weighted by atomic mass is 10.2. The summed E-state index contributed by atoms with van der Waals surface area (Å²) >= 11 is 6.53. The summed E-state index contributed by atoms with van der Waals surface area (Å²) in [6.45, 7) is 0. The van der Waals surface area contributed by atoms with E-state index in [2.05, 4.69) is 31.9 Å². The third-order valence-electron chi connectivity index (χ3n) is 2.42. The van der Waals surface area contributed by atoms with Gasteiger partial charge in [0.15, 0.2) is 0 Å². The zero-order chi connectivity index (χ0) is 14.7. The summed E-state index contributed by atoms with van der Waals surface area (Å²) in [5.41, 5.74) is -0.377. The third kappa shape index (κ3) is 3.23. The smallest absolute Gasteiger partial charge is 0.350 e. The summed E-state index contributed by atoms with van der Waals surface area (Å²) < 4.78 is 6.55. The first-order chi connectivity index (χ1) is 9.49. The van der Waals surface area contributed by atoms with Crippen LogP contribution in [0, 0.1) is 10.1 Å². The maximum Gasteiger partial charge on any atom is 0.350 e. The molecule has 0 unspecified atom stereocenters. The lowest BCUT2D eigenvalue weighted by Crippen LogP contribution is -2.11. The Balaban J connectivity index is 2.31. The van der Waals surface area contributed by atoms with Gasteiger partial charge in [0.1, 0.15) is 11.3 Å². The van der Waals surface area contributed by atoms with Crippen molar-refractivity contribution in [1.29, 1.82) is 0 Å². The van der Waals surface area contributed by atoms with Gasteiger partial charge in [0.05, 0.1) is 9.40 Å². The van der Waals surface area contributed by atoms with Crippen LogP contribution in [0.1, 0.15) is 10.4 Å². The SMILES string of the molecule is O=C(Oc1ccc(Br)cc1Br)c1ccccc1[N+](=O)[O-]. The molecule has 0 aliphatic carbocycles. The number of benzene rings is 2. The van der Waals surface area contributed by atoms with Gasteiger partial charge in [-0.1, -0.05) is 28.1 Å². The van der Waals surface area contributed by atoms with Crippen LogP contribution in [-0.4, -0.2) is 10.9 Å². The summed E-state index contributed by atoms with van der Waals surface area (Å²) in [5.74, 6) is -0.489. The number of hydrogen-bond donors (Lipinski definition) is 0. The van der Waals surface area contributed by atoms with Gasteiger partial charge < -0.3 is 4.74 Å². The normalized spacial score (nSPS) is 10.1. The molecule has 2 rings (SSSR count). The van der Waals surface area contributed by atoms with Crippen molar-refractivity contribution in [3.05, 3.63) is 67.1 Å². The minimum absolute atomic E-state index is 0.0904. The highest BCUT2D eigenvalue weighted by atomic mass is 79.9. The Morgan fingerprint density at radius 1 is 1.15 bits per heavy atom. The van der Waals surface area contributed by atoms with Crippen molar-refractivity contribution < 1.29 is 14.5 Å². The van der Waals surface area contributed by atoms with Crippen molar-refractivity contribution in [2.24, 2.45) is 0 Å². The van der Waals surface area contributed by atoms with Crippen molar-refractivity contribution in [2.75, 3.05) is 0 Å². The van der Waals surface area contributed by atoms with Crippen LogP contribution in [-0.2, 0) is 0 Å². The standard InChI is InChI=1S/C13H7Br2NO4/c14-8-5-6-12(10(15)7-8)20-13(17)9-3-1-2-4-11(9)16(18)19/h1-7H.